The van der Waals surface area contributed by atoms with Crippen LogP contribution in [0.3, 0.4) is 0 Å². The Balaban J connectivity index is 2.92. The summed E-state index contributed by atoms with van der Waals surface area (Å²) in [5, 5.41) is 0. The molecule has 0 saturated heterocycles. The Labute approximate surface area is 94.7 Å². The Morgan fingerprint density at radius 1 is 1.44 bits per heavy atom. The van der Waals surface area contributed by atoms with Crippen LogP contribution in [0.15, 0.2) is 30.5 Å². The van der Waals surface area contributed by atoms with Gasteiger partial charge in [0, 0.05) is 0 Å². The molecule has 0 heterocycles. The maximum atomic E-state index is 10.8. The van der Waals surface area contributed by atoms with Crippen LogP contribution < -0.4 is 15.2 Å². The van der Waals surface area contributed by atoms with Gasteiger partial charge in [-0.3, -0.25) is 4.79 Å². The van der Waals surface area contributed by atoms with Crippen molar-refractivity contribution in [1.82, 2.24) is 0 Å². The van der Waals surface area contributed by atoms with Crippen molar-refractivity contribution in [3.05, 3.63) is 36.1 Å². The number of allylic oxidation sites excluding steroid dienone is 1. The van der Waals surface area contributed by atoms with E-state index in [1.54, 1.807) is 37.6 Å². The summed E-state index contributed by atoms with van der Waals surface area (Å²) >= 11 is 0. The highest BCUT2D eigenvalue weighted by atomic mass is 16.5. The van der Waals surface area contributed by atoms with Crippen molar-refractivity contribution in [1.29, 1.82) is 0 Å². The molecule has 1 rings (SSSR count). The van der Waals surface area contributed by atoms with Gasteiger partial charge in [-0.05, 0) is 24.6 Å². The van der Waals surface area contributed by atoms with Crippen molar-refractivity contribution in [2.24, 2.45) is 5.73 Å². The van der Waals surface area contributed by atoms with E-state index in [4.69, 9.17) is 15.2 Å². The third-order valence-corrected chi connectivity index (χ3v) is 1.94. The highest BCUT2D eigenvalue weighted by molar-refractivity contribution is 5.76. The zero-order chi connectivity index (χ0) is 12.0. The Bertz CT molecular complexity index is 399. The molecule has 0 aromatic heterocycles. The van der Waals surface area contributed by atoms with E-state index < -0.39 is 0 Å². The number of hydrogen-bond acceptors (Lipinski definition) is 3. The van der Waals surface area contributed by atoms with E-state index in [1.165, 1.54) is 0 Å². The van der Waals surface area contributed by atoms with Gasteiger partial charge in [-0.15, -0.1) is 0 Å². The van der Waals surface area contributed by atoms with E-state index in [0.29, 0.717) is 11.5 Å². The Morgan fingerprint density at radius 3 is 2.75 bits per heavy atom. The molecule has 0 aliphatic rings. The van der Waals surface area contributed by atoms with Crippen molar-refractivity contribution in [3.63, 3.8) is 0 Å². The minimum Gasteiger partial charge on any atom is -0.493 e. The van der Waals surface area contributed by atoms with Crippen molar-refractivity contribution in [3.8, 4) is 11.5 Å². The zero-order valence-corrected chi connectivity index (χ0v) is 9.40. The molecule has 1 aromatic rings. The summed E-state index contributed by atoms with van der Waals surface area (Å²) in [5.41, 5.74) is 5.92. The smallest absolute Gasteiger partial charge is 0.221 e. The van der Waals surface area contributed by atoms with E-state index in [2.05, 4.69) is 0 Å². The molecular weight excluding hydrogens is 206 g/mol. The first kappa shape index (κ1) is 12.1. The van der Waals surface area contributed by atoms with Gasteiger partial charge in [0.05, 0.1) is 19.8 Å². The average molecular weight is 221 g/mol. The summed E-state index contributed by atoms with van der Waals surface area (Å²) in [6, 6.07) is 5.27. The molecule has 0 spiro atoms. The minimum atomic E-state index is -0.371. The lowest BCUT2D eigenvalue weighted by atomic mass is 10.1. The van der Waals surface area contributed by atoms with Crippen LogP contribution >= 0.6 is 0 Å². The number of primary amides is 1. The number of benzene rings is 1. The first-order valence-electron chi connectivity index (χ1n) is 4.90. The molecule has 0 fully saturated rings. The molecule has 4 nitrogen and oxygen atoms in total. The number of carbonyl (C=O) groups is 1. The average Bonchev–Trinajstić information content (AvgIpc) is 2.26. The third-order valence-electron chi connectivity index (χ3n) is 1.94. The van der Waals surface area contributed by atoms with E-state index in [9.17, 15) is 4.79 Å². The van der Waals surface area contributed by atoms with Gasteiger partial charge in [0.1, 0.15) is 0 Å². The Kier molecular flexibility index (Phi) is 4.39. The molecule has 0 saturated carbocycles. The van der Waals surface area contributed by atoms with Crippen LogP contribution in [-0.2, 0) is 11.2 Å². The second-order valence-corrected chi connectivity index (χ2v) is 3.22. The van der Waals surface area contributed by atoms with Gasteiger partial charge in [-0.2, -0.15) is 0 Å². The summed E-state index contributed by atoms with van der Waals surface area (Å²) in [5.74, 6) is 0.815. The molecule has 1 aromatic carbocycles. The van der Waals surface area contributed by atoms with Crippen LogP contribution in [0.25, 0.3) is 0 Å². The molecule has 2 N–H and O–H groups in total. The van der Waals surface area contributed by atoms with Crippen LogP contribution in [0.4, 0.5) is 0 Å². The fourth-order valence-electron chi connectivity index (χ4n) is 1.26. The first-order valence-corrected chi connectivity index (χ1v) is 4.90. The van der Waals surface area contributed by atoms with Crippen LogP contribution in [0.5, 0.6) is 11.5 Å². The molecule has 0 aliphatic heterocycles. The van der Waals surface area contributed by atoms with Gasteiger partial charge < -0.3 is 15.2 Å². The number of rotatable bonds is 5. The Morgan fingerprint density at radius 2 is 2.19 bits per heavy atom. The van der Waals surface area contributed by atoms with E-state index in [0.717, 1.165) is 5.56 Å². The monoisotopic (exact) mass is 221 g/mol. The second-order valence-electron chi connectivity index (χ2n) is 3.22. The minimum absolute atomic E-state index is 0.195. The van der Waals surface area contributed by atoms with Crippen molar-refractivity contribution in [2.45, 2.75) is 13.3 Å². The summed E-state index contributed by atoms with van der Waals surface area (Å²) in [4.78, 5) is 10.8. The van der Waals surface area contributed by atoms with Crippen molar-refractivity contribution in [2.75, 3.05) is 7.11 Å². The largest absolute Gasteiger partial charge is 0.493 e. The van der Waals surface area contributed by atoms with Gasteiger partial charge in [0.25, 0.3) is 0 Å². The summed E-state index contributed by atoms with van der Waals surface area (Å²) in [6.45, 7) is 1.86. The standard InChI is InChI=1S/C12H15NO3/c1-3-6-16-10-5-4-9(8-12(13)14)7-11(10)15-2/h3-7H,8H2,1-2H3,(H2,13,14). The van der Waals surface area contributed by atoms with Gasteiger partial charge in [0.15, 0.2) is 11.5 Å². The number of amides is 1. The molecular formula is C12H15NO3. The number of carbonyl (C=O) groups excluding carboxylic acids is 1. The highest BCUT2D eigenvalue weighted by Gasteiger charge is 2.06. The topological polar surface area (TPSA) is 61.5 Å². The third kappa shape index (κ3) is 3.31. The molecule has 86 valence electrons. The van der Waals surface area contributed by atoms with E-state index in [-0.39, 0.29) is 12.3 Å². The fraction of sp³-hybridized carbons (Fsp3) is 0.250. The Hall–Kier alpha value is -1.97. The predicted molar refractivity (Wildman–Crippen MR) is 61.3 cm³/mol. The van der Waals surface area contributed by atoms with Gasteiger partial charge >= 0.3 is 0 Å². The number of hydrogen-bond donors (Lipinski definition) is 1. The quantitative estimate of drug-likeness (QED) is 0.769. The molecule has 0 bridgehead atoms. The van der Waals surface area contributed by atoms with Crippen molar-refractivity contribution >= 4 is 5.91 Å². The van der Waals surface area contributed by atoms with Gasteiger partial charge in [-0.25, -0.2) is 0 Å². The SMILES string of the molecule is CC=COc1ccc(CC(N)=O)cc1OC. The highest BCUT2D eigenvalue weighted by Crippen LogP contribution is 2.28. The van der Waals surface area contributed by atoms with Gasteiger partial charge in [0.2, 0.25) is 5.91 Å². The summed E-state index contributed by atoms with van der Waals surface area (Å²) < 4.78 is 10.5. The van der Waals surface area contributed by atoms with Crippen LogP contribution in [-0.4, -0.2) is 13.0 Å². The maximum Gasteiger partial charge on any atom is 0.221 e. The zero-order valence-electron chi connectivity index (χ0n) is 9.40. The number of methoxy groups -OCH3 is 1. The second kappa shape index (κ2) is 5.80. The van der Waals surface area contributed by atoms with Crippen LogP contribution in [0.1, 0.15) is 12.5 Å². The lowest BCUT2D eigenvalue weighted by Crippen LogP contribution is -2.13. The fourth-order valence-corrected chi connectivity index (χ4v) is 1.26. The van der Waals surface area contributed by atoms with E-state index >= 15 is 0 Å². The first-order chi connectivity index (χ1) is 7.67. The summed E-state index contributed by atoms with van der Waals surface area (Å²) in [6.07, 6.45) is 3.53. The van der Waals surface area contributed by atoms with Crippen molar-refractivity contribution < 1.29 is 14.3 Å². The predicted octanol–water partition coefficient (Wildman–Crippen LogP) is 1.64. The maximum absolute atomic E-state index is 10.8. The lowest BCUT2D eigenvalue weighted by molar-refractivity contribution is -0.117. The van der Waals surface area contributed by atoms with Crippen LogP contribution in [0.2, 0.25) is 0 Å². The summed E-state index contributed by atoms with van der Waals surface area (Å²) in [7, 11) is 1.55. The van der Waals surface area contributed by atoms with Gasteiger partial charge in [-0.1, -0.05) is 12.1 Å². The molecule has 0 atom stereocenters. The molecule has 0 aliphatic carbocycles. The van der Waals surface area contributed by atoms with Crippen LogP contribution in [0, 0.1) is 0 Å². The number of nitrogens with two attached hydrogens (primary N) is 1. The molecule has 4 heteroatoms. The van der Waals surface area contributed by atoms with E-state index in [1.807, 2.05) is 6.92 Å². The molecule has 0 radical (unpaired) electrons. The normalized spacial score (nSPS) is 10.4. The molecule has 0 unspecified atom stereocenters. The molecule has 16 heavy (non-hydrogen) atoms. The lowest BCUT2D eigenvalue weighted by Gasteiger charge is -2.08. The molecule has 1 amide bonds. The number of ether oxygens (including phenoxy) is 2.